The Balaban J connectivity index is 2.01. The Bertz CT molecular complexity index is 500. The molecule has 0 amide bonds. The first-order chi connectivity index (χ1) is 18.7. The van der Waals surface area contributed by atoms with Gasteiger partial charge in [-0.15, -0.1) is 0 Å². The van der Waals surface area contributed by atoms with Gasteiger partial charge in [0.2, 0.25) is 0 Å². The van der Waals surface area contributed by atoms with Crippen molar-refractivity contribution in [3.63, 3.8) is 0 Å². The normalized spacial score (nSPS) is 15.4. The third kappa shape index (κ3) is 19.4. The Morgan fingerprint density at radius 3 is 1.16 bits per heavy atom. The minimum Gasteiger partial charge on any atom is -0.356 e. The van der Waals surface area contributed by atoms with E-state index in [1.54, 1.807) is 0 Å². The summed E-state index contributed by atoms with van der Waals surface area (Å²) >= 11 is 0. The lowest BCUT2D eigenvalue weighted by Gasteiger charge is -2.35. The molecule has 0 saturated carbocycles. The van der Waals surface area contributed by atoms with Crippen LogP contribution >= 0.6 is 0 Å². The van der Waals surface area contributed by atoms with Crippen molar-refractivity contribution in [1.29, 1.82) is 0 Å². The average molecular weight is 533 g/mol. The highest BCUT2D eigenvalue weighted by Gasteiger charge is 2.26. The van der Waals surface area contributed by atoms with Crippen LogP contribution in [-0.2, 0) is 0 Å². The molecule has 0 aromatic carbocycles. The molecule has 1 atom stereocenters. The minimum absolute atomic E-state index is 0.606. The van der Waals surface area contributed by atoms with E-state index in [-0.39, 0.29) is 0 Å². The lowest BCUT2D eigenvalue weighted by atomic mass is 10.0. The predicted molar refractivity (Wildman–Crippen MR) is 173 cm³/mol. The Kier molecular flexibility index (Phi) is 24.7. The van der Waals surface area contributed by atoms with Gasteiger partial charge in [0.25, 0.3) is 0 Å². The number of hydrogen-bond acceptors (Lipinski definition) is 2. The van der Waals surface area contributed by atoms with E-state index >= 15 is 0 Å². The number of unbranched alkanes of at least 4 members (excludes halogenated alkanes) is 24. The summed E-state index contributed by atoms with van der Waals surface area (Å²) in [5, 5.41) is 0. The molecule has 1 rings (SSSR count). The van der Waals surface area contributed by atoms with Crippen LogP contribution in [0.15, 0.2) is 12.4 Å². The molecule has 0 radical (unpaired) electrons. The van der Waals surface area contributed by atoms with Crippen LogP contribution in [0.4, 0.5) is 0 Å². The highest BCUT2D eigenvalue weighted by Crippen LogP contribution is 2.25. The average Bonchev–Trinajstić information content (AvgIpc) is 3.32. The molecular weight excluding hydrogens is 460 g/mol. The van der Waals surface area contributed by atoms with Gasteiger partial charge in [-0.25, -0.2) is 0 Å². The summed E-state index contributed by atoms with van der Waals surface area (Å²) in [6, 6.07) is 0.606. The molecule has 226 valence electrons. The molecule has 0 aromatic heterocycles. The quantitative estimate of drug-likeness (QED) is 0.0884. The third-order valence-corrected chi connectivity index (χ3v) is 8.84. The lowest BCUT2D eigenvalue weighted by molar-refractivity contribution is 0.114. The summed E-state index contributed by atoms with van der Waals surface area (Å²) in [4.78, 5) is 5.28. The van der Waals surface area contributed by atoms with Gasteiger partial charge in [0, 0.05) is 25.0 Å². The summed E-state index contributed by atoms with van der Waals surface area (Å²) in [5.74, 6) is 0. The van der Waals surface area contributed by atoms with Gasteiger partial charge in [0.05, 0.1) is 0 Å². The Morgan fingerprint density at radius 2 is 0.789 bits per heavy atom. The molecule has 0 aromatic rings. The van der Waals surface area contributed by atoms with Gasteiger partial charge in [-0.1, -0.05) is 168 Å². The van der Waals surface area contributed by atoms with E-state index in [0.717, 1.165) is 0 Å². The second-order valence-corrected chi connectivity index (χ2v) is 12.8. The van der Waals surface area contributed by atoms with Crippen molar-refractivity contribution in [2.75, 3.05) is 6.54 Å². The smallest absolute Gasteiger partial charge is 0.101 e. The van der Waals surface area contributed by atoms with Crippen molar-refractivity contribution in [3.05, 3.63) is 12.4 Å². The van der Waals surface area contributed by atoms with Gasteiger partial charge in [-0.2, -0.15) is 0 Å². The van der Waals surface area contributed by atoms with Crippen molar-refractivity contribution < 1.29 is 0 Å². The summed E-state index contributed by atoms with van der Waals surface area (Å²) in [5.41, 5.74) is 0. The van der Waals surface area contributed by atoms with Gasteiger partial charge in [0.15, 0.2) is 0 Å². The standard InChI is InChI=1S/C36H72N2/c1-5-7-9-11-13-15-17-18-19-20-21-23-25-27-29-31-36-37(33-34-38(36)35(3)4)32-30-28-26-24-22-16-14-12-10-8-6-2/h33-36H,5-32H2,1-4H3. The van der Waals surface area contributed by atoms with E-state index < -0.39 is 0 Å². The fourth-order valence-electron chi connectivity index (χ4n) is 6.24. The number of nitrogens with zero attached hydrogens (tertiary/aromatic N) is 2. The summed E-state index contributed by atoms with van der Waals surface area (Å²) < 4.78 is 0. The molecule has 38 heavy (non-hydrogen) atoms. The van der Waals surface area contributed by atoms with E-state index in [9.17, 15) is 0 Å². The molecular formula is C36H72N2. The molecule has 1 aliphatic heterocycles. The Hall–Kier alpha value is -0.660. The number of hydrogen-bond donors (Lipinski definition) is 0. The van der Waals surface area contributed by atoms with Crippen LogP contribution in [0.1, 0.15) is 201 Å². The highest BCUT2D eigenvalue weighted by atomic mass is 15.4. The van der Waals surface area contributed by atoms with Gasteiger partial charge >= 0.3 is 0 Å². The van der Waals surface area contributed by atoms with Crippen LogP contribution in [0.25, 0.3) is 0 Å². The zero-order chi connectivity index (χ0) is 27.5. The van der Waals surface area contributed by atoms with Crippen LogP contribution in [0.5, 0.6) is 0 Å². The lowest BCUT2D eigenvalue weighted by Crippen LogP contribution is -2.42. The first-order valence-corrected chi connectivity index (χ1v) is 17.9. The summed E-state index contributed by atoms with van der Waals surface area (Å²) in [6.07, 6.45) is 44.2. The van der Waals surface area contributed by atoms with E-state index in [1.807, 2.05) is 0 Å². The molecule has 1 unspecified atom stereocenters. The van der Waals surface area contributed by atoms with E-state index in [2.05, 4.69) is 49.9 Å². The van der Waals surface area contributed by atoms with Crippen LogP contribution in [0, 0.1) is 0 Å². The molecule has 0 aliphatic carbocycles. The zero-order valence-electron chi connectivity index (χ0n) is 27.0. The first kappa shape index (κ1) is 35.4. The maximum Gasteiger partial charge on any atom is 0.101 e. The van der Waals surface area contributed by atoms with Crippen LogP contribution < -0.4 is 0 Å². The molecule has 1 aliphatic rings. The second kappa shape index (κ2) is 26.6. The SMILES string of the molecule is CCCCCCCCCCCCCCCCCC1N(CCCCCCCCCCCCC)C=CN1C(C)C. The van der Waals surface area contributed by atoms with Gasteiger partial charge in [0.1, 0.15) is 6.17 Å². The Morgan fingerprint density at radius 1 is 0.447 bits per heavy atom. The molecule has 0 bridgehead atoms. The van der Waals surface area contributed by atoms with E-state index in [1.165, 1.54) is 180 Å². The second-order valence-electron chi connectivity index (χ2n) is 12.8. The zero-order valence-corrected chi connectivity index (χ0v) is 27.0. The van der Waals surface area contributed by atoms with Crippen molar-refractivity contribution in [1.82, 2.24) is 9.80 Å². The molecule has 0 spiro atoms. The van der Waals surface area contributed by atoms with E-state index in [4.69, 9.17) is 0 Å². The molecule has 1 heterocycles. The van der Waals surface area contributed by atoms with Gasteiger partial charge in [-0.05, 0) is 33.1 Å². The highest BCUT2D eigenvalue weighted by molar-refractivity contribution is 4.98. The molecule has 2 nitrogen and oxygen atoms in total. The topological polar surface area (TPSA) is 6.48 Å². The monoisotopic (exact) mass is 533 g/mol. The summed E-state index contributed by atoms with van der Waals surface area (Å²) in [6.45, 7) is 10.6. The third-order valence-electron chi connectivity index (χ3n) is 8.84. The van der Waals surface area contributed by atoms with Crippen molar-refractivity contribution in [2.24, 2.45) is 0 Å². The molecule has 0 fully saturated rings. The van der Waals surface area contributed by atoms with E-state index in [0.29, 0.717) is 12.2 Å². The van der Waals surface area contributed by atoms with Gasteiger partial charge < -0.3 is 9.80 Å². The fraction of sp³-hybridized carbons (Fsp3) is 0.944. The maximum absolute atomic E-state index is 2.66. The van der Waals surface area contributed by atoms with Crippen molar-refractivity contribution >= 4 is 0 Å². The van der Waals surface area contributed by atoms with Crippen LogP contribution in [0.2, 0.25) is 0 Å². The Labute approximate surface area is 241 Å². The van der Waals surface area contributed by atoms with Gasteiger partial charge in [-0.3, -0.25) is 0 Å². The van der Waals surface area contributed by atoms with Crippen LogP contribution in [-0.4, -0.2) is 28.6 Å². The van der Waals surface area contributed by atoms with Crippen molar-refractivity contribution in [2.45, 2.75) is 213 Å². The fourth-order valence-corrected chi connectivity index (χ4v) is 6.24. The number of rotatable bonds is 29. The first-order valence-electron chi connectivity index (χ1n) is 17.9. The van der Waals surface area contributed by atoms with Crippen LogP contribution in [0.3, 0.4) is 0 Å². The molecule has 0 N–H and O–H groups in total. The minimum atomic E-state index is 0.606. The molecule has 0 saturated heterocycles. The molecule has 2 heteroatoms. The maximum atomic E-state index is 2.66. The predicted octanol–water partition coefficient (Wildman–Crippen LogP) is 12.4. The largest absolute Gasteiger partial charge is 0.356 e. The summed E-state index contributed by atoms with van der Waals surface area (Å²) in [7, 11) is 0. The van der Waals surface area contributed by atoms with Crippen molar-refractivity contribution in [3.8, 4) is 0 Å².